The molecule has 1 unspecified atom stereocenters. The average Bonchev–Trinajstić information content (AvgIpc) is 2.45. The number of carbonyl (C=O) groups is 1. The SMILES string of the molecule is CCN(CC1CCC1)C(=O)C1CNCc2ccccc21. The van der Waals surface area contributed by atoms with Crippen molar-refractivity contribution in [3.8, 4) is 0 Å². The van der Waals surface area contributed by atoms with E-state index in [-0.39, 0.29) is 5.92 Å². The summed E-state index contributed by atoms with van der Waals surface area (Å²) in [6.45, 7) is 5.53. The van der Waals surface area contributed by atoms with Crippen molar-refractivity contribution in [3.05, 3.63) is 35.4 Å². The molecule has 1 atom stereocenters. The first kappa shape index (κ1) is 13.6. The Hall–Kier alpha value is -1.35. The smallest absolute Gasteiger partial charge is 0.231 e. The second-order valence-electron chi connectivity index (χ2n) is 6.06. The Kier molecular flexibility index (Phi) is 4.06. The van der Waals surface area contributed by atoms with Crippen molar-refractivity contribution >= 4 is 5.91 Å². The monoisotopic (exact) mass is 272 g/mol. The summed E-state index contributed by atoms with van der Waals surface area (Å²) in [7, 11) is 0. The van der Waals surface area contributed by atoms with Gasteiger partial charge in [-0.05, 0) is 36.8 Å². The van der Waals surface area contributed by atoms with Crippen LogP contribution in [0.3, 0.4) is 0 Å². The fourth-order valence-corrected chi connectivity index (χ4v) is 3.30. The van der Waals surface area contributed by atoms with Crippen LogP contribution in [-0.4, -0.2) is 30.4 Å². The molecule has 0 radical (unpaired) electrons. The lowest BCUT2D eigenvalue weighted by atomic mass is 9.84. The van der Waals surface area contributed by atoms with E-state index < -0.39 is 0 Å². The molecule has 1 aromatic carbocycles. The molecule has 1 fully saturated rings. The Morgan fingerprint density at radius 3 is 2.85 bits per heavy atom. The molecule has 1 aliphatic carbocycles. The molecule has 1 aromatic rings. The largest absolute Gasteiger partial charge is 0.342 e. The highest BCUT2D eigenvalue weighted by molar-refractivity contribution is 5.84. The summed E-state index contributed by atoms with van der Waals surface area (Å²) in [6.07, 6.45) is 3.93. The third kappa shape index (κ3) is 2.59. The molecular weight excluding hydrogens is 248 g/mol. The average molecular weight is 272 g/mol. The number of nitrogens with one attached hydrogen (secondary N) is 1. The normalized spacial score (nSPS) is 21.9. The first-order valence-electron chi connectivity index (χ1n) is 7.87. The van der Waals surface area contributed by atoms with Gasteiger partial charge in [-0.2, -0.15) is 0 Å². The van der Waals surface area contributed by atoms with Crippen LogP contribution in [0.4, 0.5) is 0 Å². The van der Waals surface area contributed by atoms with Gasteiger partial charge in [-0.15, -0.1) is 0 Å². The summed E-state index contributed by atoms with van der Waals surface area (Å²) in [5, 5.41) is 3.38. The molecule has 1 saturated carbocycles. The van der Waals surface area contributed by atoms with E-state index in [1.165, 1.54) is 30.4 Å². The maximum absolute atomic E-state index is 12.9. The van der Waals surface area contributed by atoms with Crippen LogP contribution in [0.1, 0.15) is 43.2 Å². The maximum Gasteiger partial charge on any atom is 0.231 e. The van der Waals surface area contributed by atoms with Gasteiger partial charge in [0, 0.05) is 26.2 Å². The van der Waals surface area contributed by atoms with Gasteiger partial charge in [0.1, 0.15) is 0 Å². The zero-order valence-corrected chi connectivity index (χ0v) is 12.3. The Morgan fingerprint density at radius 2 is 2.15 bits per heavy atom. The molecule has 0 bridgehead atoms. The molecule has 1 N–H and O–H groups in total. The summed E-state index contributed by atoms with van der Waals surface area (Å²) in [5.41, 5.74) is 2.50. The highest BCUT2D eigenvalue weighted by Gasteiger charge is 2.31. The van der Waals surface area contributed by atoms with Crippen molar-refractivity contribution in [3.63, 3.8) is 0 Å². The van der Waals surface area contributed by atoms with Crippen molar-refractivity contribution in [2.75, 3.05) is 19.6 Å². The molecule has 3 heteroatoms. The van der Waals surface area contributed by atoms with Gasteiger partial charge in [0.05, 0.1) is 5.92 Å². The number of likely N-dealkylation sites (N-methyl/N-ethyl adjacent to an activating group) is 1. The van der Waals surface area contributed by atoms with Gasteiger partial charge in [-0.25, -0.2) is 0 Å². The predicted octanol–water partition coefficient (Wildman–Crippen LogP) is 2.52. The molecule has 1 heterocycles. The Morgan fingerprint density at radius 1 is 1.35 bits per heavy atom. The van der Waals surface area contributed by atoms with Gasteiger partial charge < -0.3 is 10.2 Å². The molecule has 0 saturated heterocycles. The van der Waals surface area contributed by atoms with Crippen LogP contribution in [0.5, 0.6) is 0 Å². The van der Waals surface area contributed by atoms with Crippen LogP contribution in [0.15, 0.2) is 24.3 Å². The zero-order chi connectivity index (χ0) is 13.9. The highest BCUT2D eigenvalue weighted by Crippen LogP contribution is 2.30. The number of benzene rings is 1. The summed E-state index contributed by atoms with van der Waals surface area (Å²) >= 11 is 0. The molecule has 0 aromatic heterocycles. The fourth-order valence-electron chi connectivity index (χ4n) is 3.30. The summed E-state index contributed by atoms with van der Waals surface area (Å²) in [5.74, 6) is 1.05. The molecule has 3 nitrogen and oxygen atoms in total. The molecule has 20 heavy (non-hydrogen) atoms. The lowest BCUT2D eigenvalue weighted by Crippen LogP contribution is -2.44. The molecule has 3 rings (SSSR count). The minimum atomic E-state index is -0.0000217. The number of nitrogens with zero attached hydrogens (tertiary/aromatic N) is 1. The van der Waals surface area contributed by atoms with E-state index in [1.807, 2.05) is 6.07 Å². The Labute approximate surface area is 121 Å². The van der Waals surface area contributed by atoms with E-state index >= 15 is 0 Å². The van der Waals surface area contributed by atoms with Crippen LogP contribution in [0, 0.1) is 5.92 Å². The highest BCUT2D eigenvalue weighted by atomic mass is 16.2. The van der Waals surface area contributed by atoms with Crippen LogP contribution >= 0.6 is 0 Å². The topological polar surface area (TPSA) is 32.3 Å². The lowest BCUT2D eigenvalue weighted by molar-refractivity contribution is -0.133. The Bertz CT molecular complexity index is 482. The second kappa shape index (κ2) is 5.96. The van der Waals surface area contributed by atoms with E-state index in [1.54, 1.807) is 0 Å². The number of fused-ring (bicyclic) bond motifs is 1. The number of amides is 1. The molecule has 108 valence electrons. The van der Waals surface area contributed by atoms with Gasteiger partial charge in [-0.3, -0.25) is 4.79 Å². The van der Waals surface area contributed by atoms with E-state index in [4.69, 9.17) is 0 Å². The summed E-state index contributed by atoms with van der Waals surface area (Å²) in [4.78, 5) is 14.9. The maximum atomic E-state index is 12.9. The van der Waals surface area contributed by atoms with E-state index in [0.29, 0.717) is 5.91 Å². The second-order valence-corrected chi connectivity index (χ2v) is 6.06. The molecule has 0 spiro atoms. The minimum absolute atomic E-state index is 0.0000217. The number of carbonyl (C=O) groups excluding carboxylic acids is 1. The van der Waals surface area contributed by atoms with E-state index in [2.05, 4.69) is 35.3 Å². The standard InChI is InChI=1S/C17H24N2O/c1-2-19(12-13-6-5-7-13)17(20)16-11-18-10-14-8-3-4-9-15(14)16/h3-4,8-9,13,16,18H,2,5-7,10-12H2,1H3. The summed E-state index contributed by atoms with van der Waals surface area (Å²) in [6, 6.07) is 8.35. The van der Waals surface area contributed by atoms with Crippen molar-refractivity contribution < 1.29 is 4.79 Å². The minimum Gasteiger partial charge on any atom is -0.342 e. The van der Waals surface area contributed by atoms with Gasteiger partial charge in [-0.1, -0.05) is 30.7 Å². The number of rotatable bonds is 4. The number of hydrogen-bond donors (Lipinski definition) is 1. The van der Waals surface area contributed by atoms with Gasteiger partial charge in [0.15, 0.2) is 0 Å². The first-order chi connectivity index (χ1) is 9.79. The van der Waals surface area contributed by atoms with Crippen LogP contribution in [0.25, 0.3) is 0 Å². The van der Waals surface area contributed by atoms with Crippen LogP contribution in [0.2, 0.25) is 0 Å². The van der Waals surface area contributed by atoms with Gasteiger partial charge >= 0.3 is 0 Å². The van der Waals surface area contributed by atoms with E-state index in [9.17, 15) is 4.79 Å². The quantitative estimate of drug-likeness (QED) is 0.913. The predicted molar refractivity (Wildman–Crippen MR) is 80.5 cm³/mol. The lowest BCUT2D eigenvalue weighted by Gasteiger charge is -2.35. The van der Waals surface area contributed by atoms with Crippen molar-refractivity contribution in [2.24, 2.45) is 5.92 Å². The van der Waals surface area contributed by atoms with E-state index in [0.717, 1.165) is 32.1 Å². The third-order valence-electron chi connectivity index (χ3n) is 4.79. The molecular formula is C17H24N2O. The third-order valence-corrected chi connectivity index (χ3v) is 4.79. The Balaban J connectivity index is 1.75. The zero-order valence-electron chi connectivity index (χ0n) is 12.3. The molecule has 2 aliphatic rings. The van der Waals surface area contributed by atoms with Crippen LogP contribution < -0.4 is 5.32 Å². The summed E-state index contributed by atoms with van der Waals surface area (Å²) < 4.78 is 0. The van der Waals surface area contributed by atoms with Crippen molar-refractivity contribution in [1.29, 1.82) is 0 Å². The van der Waals surface area contributed by atoms with Gasteiger partial charge in [0.25, 0.3) is 0 Å². The fraction of sp³-hybridized carbons (Fsp3) is 0.588. The van der Waals surface area contributed by atoms with Crippen LogP contribution in [-0.2, 0) is 11.3 Å². The first-order valence-corrected chi connectivity index (χ1v) is 7.87. The molecule has 1 amide bonds. The molecule has 1 aliphatic heterocycles. The number of hydrogen-bond acceptors (Lipinski definition) is 2. The van der Waals surface area contributed by atoms with Crippen molar-refractivity contribution in [2.45, 2.75) is 38.6 Å². The van der Waals surface area contributed by atoms with Gasteiger partial charge in [0.2, 0.25) is 5.91 Å². The van der Waals surface area contributed by atoms with Crippen molar-refractivity contribution in [1.82, 2.24) is 10.2 Å².